The molecule has 1 heterocycles. The van der Waals surface area contributed by atoms with Crippen LogP contribution in [0.1, 0.15) is 39.5 Å². The van der Waals surface area contributed by atoms with Crippen molar-refractivity contribution in [2.24, 2.45) is 11.1 Å². The molecule has 3 N–H and O–H groups in total. The molecule has 18 heavy (non-hydrogen) atoms. The van der Waals surface area contributed by atoms with Crippen LogP contribution in [0.15, 0.2) is 0 Å². The molecule has 5 nitrogen and oxygen atoms in total. The van der Waals surface area contributed by atoms with Crippen LogP contribution in [0.4, 0.5) is 0 Å². The lowest BCUT2D eigenvalue weighted by atomic mass is 9.84. The minimum absolute atomic E-state index is 0.0359. The second kappa shape index (κ2) is 6.73. The van der Waals surface area contributed by atoms with Gasteiger partial charge >= 0.3 is 0 Å². The Balaban J connectivity index is 2.38. The number of nitrogens with zero attached hydrogens (tertiary/aromatic N) is 1. The Morgan fingerprint density at radius 1 is 1.39 bits per heavy atom. The molecule has 0 saturated carbocycles. The SMILES string of the molecule is CC(C)(CCN)CCC(=O)N1CCNC(=O)CC1. The lowest BCUT2D eigenvalue weighted by Gasteiger charge is -2.26. The molecule has 2 amide bonds. The van der Waals surface area contributed by atoms with Gasteiger partial charge in [0.15, 0.2) is 0 Å². The van der Waals surface area contributed by atoms with E-state index in [2.05, 4.69) is 19.2 Å². The van der Waals surface area contributed by atoms with Crippen molar-refractivity contribution in [1.82, 2.24) is 10.2 Å². The van der Waals surface area contributed by atoms with E-state index in [1.807, 2.05) is 0 Å². The molecule has 1 fully saturated rings. The number of amides is 2. The average Bonchev–Trinajstić information content (AvgIpc) is 2.51. The van der Waals surface area contributed by atoms with E-state index in [1.165, 1.54) is 0 Å². The maximum Gasteiger partial charge on any atom is 0.222 e. The first-order valence-electron chi connectivity index (χ1n) is 6.69. The molecular formula is C13H25N3O2. The van der Waals surface area contributed by atoms with Crippen molar-refractivity contribution in [3.8, 4) is 0 Å². The first-order valence-corrected chi connectivity index (χ1v) is 6.69. The topological polar surface area (TPSA) is 75.4 Å². The highest BCUT2D eigenvalue weighted by Gasteiger charge is 2.22. The standard InChI is InChI=1S/C13H25N3O2/c1-13(2,6-7-14)5-3-12(18)16-9-4-11(17)15-8-10-16/h3-10,14H2,1-2H3,(H,15,17). The van der Waals surface area contributed by atoms with Crippen LogP contribution in [0.5, 0.6) is 0 Å². The van der Waals surface area contributed by atoms with Gasteiger partial charge in [-0.1, -0.05) is 13.8 Å². The van der Waals surface area contributed by atoms with Crippen molar-refractivity contribution in [2.75, 3.05) is 26.2 Å². The number of nitrogens with two attached hydrogens (primary N) is 1. The molecule has 0 aromatic heterocycles. The Labute approximate surface area is 109 Å². The van der Waals surface area contributed by atoms with E-state index in [-0.39, 0.29) is 17.2 Å². The second-order valence-electron chi connectivity index (χ2n) is 5.68. The van der Waals surface area contributed by atoms with Gasteiger partial charge in [-0.15, -0.1) is 0 Å². The smallest absolute Gasteiger partial charge is 0.222 e. The zero-order valence-electron chi connectivity index (χ0n) is 11.5. The Hall–Kier alpha value is -1.10. The lowest BCUT2D eigenvalue weighted by molar-refractivity contribution is -0.131. The zero-order valence-corrected chi connectivity index (χ0v) is 11.5. The molecule has 5 heteroatoms. The summed E-state index contributed by atoms with van der Waals surface area (Å²) in [5.41, 5.74) is 5.67. The number of rotatable bonds is 5. The first kappa shape index (κ1) is 15.0. The molecule has 1 rings (SSSR count). The summed E-state index contributed by atoms with van der Waals surface area (Å²) in [7, 11) is 0. The molecule has 1 aliphatic heterocycles. The van der Waals surface area contributed by atoms with Crippen LogP contribution in [0, 0.1) is 5.41 Å². The van der Waals surface area contributed by atoms with Crippen LogP contribution in [-0.4, -0.2) is 42.9 Å². The fourth-order valence-electron chi connectivity index (χ4n) is 2.14. The van der Waals surface area contributed by atoms with Crippen molar-refractivity contribution in [3.63, 3.8) is 0 Å². The monoisotopic (exact) mass is 255 g/mol. The average molecular weight is 255 g/mol. The quantitative estimate of drug-likeness (QED) is 0.750. The Morgan fingerprint density at radius 2 is 2.11 bits per heavy atom. The minimum atomic E-state index is 0.0359. The van der Waals surface area contributed by atoms with Gasteiger partial charge < -0.3 is 16.0 Å². The number of nitrogens with one attached hydrogen (secondary N) is 1. The summed E-state index contributed by atoms with van der Waals surface area (Å²) in [6.07, 6.45) is 2.74. The van der Waals surface area contributed by atoms with E-state index < -0.39 is 0 Å². The van der Waals surface area contributed by atoms with Crippen LogP contribution in [0.2, 0.25) is 0 Å². The van der Waals surface area contributed by atoms with Gasteiger partial charge in [0, 0.05) is 32.5 Å². The Morgan fingerprint density at radius 3 is 2.78 bits per heavy atom. The first-order chi connectivity index (χ1) is 8.44. The predicted molar refractivity (Wildman–Crippen MR) is 70.9 cm³/mol. The molecule has 0 bridgehead atoms. The summed E-state index contributed by atoms with van der Waals surface area (Å²) in [6.45, 7) is 6.67. The maximum atomic E-state index is 12.1. The largest absolute Gasteiger partial charge is 0.354 e. The fraction of sp³-hybridized carbons (Fsp3) is 0.846. The minimum Gasteiger partial charge on any atom is -0.354 e. The summed E-state index contributed by atoms with van der Waals surface area (Å²) in [4.78, 5) is 25.0. The summed E-state index contributed by atoms with van der Waals surface area (Å²) >= 11 is 0. The predicted octanol–water partition coefficient (Wildman–Crippen LogP) is 0.490. The van der Waals surface area contributed by atoms with E-state index in [1.54, 1.807) is 4.90 Å². The molecule has 0 unspecified atom stereocenters. The van der Waals surface area contributed by atoms with E-state index in [0.717, 1.165) is 12.8 Å². The Bertz CT molecular complexity index is 303. The van der Waals surface area contributed by atoms with Gasteiger partial charge in [0.2, 0.25) is 11.8 Å². The summed E-state index contributed by atoms with van der Waals surface area (Å²) in [5, 5.41) is 2.77. The van der Waals surface area contributed by atoms with Gasteiger partial charge in [-0.05, 0) is 24.8 Å². The van der Waals surface area contributed by atoms with Crippen molar-refractivity contribution in [2.45, 2.75) is 39.5 Å². The molecule has 0 atom stereocenters. The molecule has 104 valence electrons. The van der Waals surface area contributed by atoms with Gasteiger partial charge in [-0.3, -0.25) is 9.59 Å². The summed E-state index contributed by atoms with van der Waals surface area (Å²) in [6, 6.07) is 0. The van der Waals surface area contributed by atoms with Crippen molar-refractivity contribution >= 4 is 11.8 Å². The number of hydrogen-bond donors (Lipinski definition) is 2. The van der Waals surface area contributed by atoms with Gasteiger partial charge in [0.1, 0.15) is 0 Å². The van der Waals surface area contributed by atoms with E-state index in [9.17, 15) is 9.59 Å². The summed E-state index contributed by atoms with van der Waals surface area (Å²) in [5.74, 6) is 0.186. The third-order valence-corrected chi connectivity index (χ3v) is 3.50. The third kappa shape index (κ3) is 5.04. The molecule has 0 aliphatic carbocycles. The number of carbonyl (C=O) groups is 2. The zero-order chi connectivity index (χ0) is 13.6. The Kier molecular flexibility index (Phi) is 5.59. The highest BCUT2D eigenvalue weighted by molar-refractivity contribution is 5.80. The van der Waals surface area contributed by atoms with Crippen LogP contribution < -0.4 is 11.1 Å². The van der Waals surface area contributed by atoms with Gasteiger partial charge in [0.05, 0.1) is 0 Å². The van der Waals surface area contributed by atoms with E-state index in [0.29, 0.717) is 39.0 Å². The fourth-order valence-corrected chi connectivity index (χ4v) is 2.14. The van der Waals surface area contributed by atoms with Gasteiger partial charge in [-0.25, -0.2) is 0 Å². The third-order valence-electron chi connectivity index (χ3n) is 3.50. The highest BCUT2D eigenvalue weighted by Crippen LogP contribution is 2.26. The number of hydrogen-bond acceptors (Lipinski definition) is 3. The van der Waals surface area contributed by atoms with Crippen LogP contribution in [-0.2, 0) is 9.59 Å². The molecule has 0 aromatic rings. The van der Waals surface area contributed by atoms with E-state index >= 15 is 0 Å². The molecule has 0 spiro atoms. The van der Waals surface area contributed by atoms with Crippen LogP contribution in [0.3, 0.4) is 0 Å². The molecular weight excluding hydrogens is 230 g/mol. The van der Waals surface area contributed by atoms with Gasteiger partial charge in [0.25, 0.3) is 0 Å². The lowest BCUT2D eigenvalue weighted by Crippen LogP contribution is -2.34. The molecule has 1 saturated heterocycles. The maximum absolute atomic E-state index is 12.1. The molecule has 1 aliphatic rings. The van der Waals surface area contributed by atoms with Crippen LogP contribution in [0.25, 0.3) is 0 Å². The molecule has 0 radical (unpaired) electrons. The van der Waals surface area contributed by atoms with Crippen molar-refractivity contribution in [3.05, 3.63) is 0 Å². The van der Waals surface area contributed by atoms with Crippen molar-refractivity contribution < 1.29 is 9.59 Å². The normalized spacial score (nSPS) is 17.3. The highest BCUT2D eigenvalue weighted by atomic mass is 16.2. The van der Waals surface area contributed by atoms with Gasteiger partial charge in [-0.2, -0.15) is 0 Å². The molecule has 0 aromatic carbocycles. The van der Waals surface area contributed by atoms with Crippen LogP contribution >= 0.6 is 0 Å². The second-order valence-corrected chi connectivity index (χ2v) is 5.68. The van der Waals surface area contributed by atoms with Crippen molar-refractivity contribution in [1.29, 1.82) is 0 Å². The number of carbonyl (C=O) groups excluding carboxylic acids is 2. The summed E-state index contributed by atoms with van der Waals surface area (Å²) < 4.78 is 0. The van der Waals surface area contributed by atoms with E-state index in [4.69, 9.17) is 5.73 Å².